The minimum absolute atomic E-state index is 0.0330. The fraction of sp³-hybridized carbons (Fsp3) is 0.355. The number of ether oxygens (including phenoxy) is 3. The summed E-state index contributed by atoms with van der Waals surface area (Å²) >= 11 is 0. The summed E-state index contributed by atoms with van der Waals surface area (Å²) in [6.07, 6.45) is 6.63. The van der Waals surface area contributed by atoms with Crippen molar-refractivity contribution >= 4 is 23.8 Å². The van der Waals surface area contributed by atoms with Crippen molar-refractivity contribution in [3.63, 3.8) is 0 Å². The second kappa shape index (κ2) is 13.9. The summed E-state index contributed by atoms with van der Waals surface area (Å²) < 4.78 is 16.0. The number of rotatable bonds is 10. The fourth-order valence-corrected chi connectivity index (χ4v) is 5.16. The highest BCUT2D eigenvalue weighted by atomic mass is 16.5. The number of aromatic nitrogens is 1. The Morgan fingerprint density at radius 2 is 1.78 bits per heavy atom. The third-order valence-corrected chi connectivity index (χ3v) is 7.25. The van der Waals surface area contributed by atoms with Crippen LogP contribution in [0.25, 0.3) is 6.08 Å². The quantitative estimate of drug-likeness (QED) is 0.332. The lowest BCUT2D eigenvalue weighted by molar-refractivity contribution is -0.140. The van der Waals surface area contributed by atoms with Crippen molar-refractivity contribution in [2.75, 3.05) is 47.0 Å². The predicted molar refractivity (Wildman–Crippen MR) is 154 cm³/mol. The van der Waals surface area contributed by atoms with Crippen LogP contribution >= 0.6 is 0 Å². The summed E-state index contributed by atoms with van der Waals surface area (Å²) in [6.45, 7) is 5.88. The van der Waals surface area contributed by atoms with Gasteiger partial charge in [0.25, 0.3) is 0 Å². The molecule has 10 heteroatoms. The highest BCUT2D eigenvalue weighted by Gasteiger charge is 2.38. The third-order valence-electron chi connectivity index (χ3n) is 7.25. The van der Waals surface area contributed by atoms with E-state index < -0.39 is 17.9 Å². The van der Waals surface area contributed by atoms with Crippen LogP contribution in [0.1, 0.15) is 30.9 Å². The number of esters is 2. The van der Waals surface area contributed by atoms with Crippen molar-refractivity contribution in [3.8, 4) is 5.75 Å². The van der Waals surface area contributed by atoms with E-state index in [-0.39, 0.29) is 18.4 Å². The zero-order valence-corrected chi connectivity index (χ0v) is 23.8. The number of carbonyl (C=O) groups excluding carboxylic acids is 3. The maximum atomic E-state index is 13.5. The molecule has 2 unspecified atom stereocenters. The van der Waals surface area contributed by atoms with E-state index in [1.165, 1.54) is 7.11 Å². The first-order valence-electron chi connectivity index (χ1n) is 13.5. The second-order valence-electron chi connectivity index (χ2n) is 9.81. The van der Waals surface area contributed by atoms with Gasteiger partial charge in [-0.2, -0.15) is 0 Å². The van der Waals surface area contributed by atoms with Crippen LogP contribution in [-0.2, 0) is 23.9 Å². The summed E-state index contributed by atoms with van der Waals surface area (Å²) in [4.78, 5) is 45.5. The Hall–Kier alpha value is -4.28. The number of hydrogen-bond donors (Lipinski definition) is 2. The van der Waals surface area contributed by atoms with Crippen LogP contribution in [0.4, 0.5) is 0 Å². The average molecular weight is 561 g/mol. The second-order valence-corrected chi connectivity index (χ2v) is 9.81. The maximum Gasteiger partial charge on any atom is 0.336 e. The monoisotopic (exact) mass is 560 g/mol. The van der Waals surface area contributed by atoms with Crippen molar-refractivity contribution in [3.05, 3.63) is 88.5 Å². The van der Waals surface area contributed by atoms with Gasteiger partial charge < -0.3 is 24.8 Å². The number of pyridine rings is 1. The van der Waals surface area contributed by atoms with Crippen molar-refractivity contribution in [2.24, 2.45) is 0 Å². The lowest BCUT2D eigenvalue weighted by atomic mass is 9.81. The van der Waals surface area contributed by atoms with E-state index in [4.69, 9.17) is 14.2 Å². The molecule has 1 aromatic carbocycles. The number of nitrogens with one attached hydrogen (secondary N) is 2. The molecule has 1 fully saturated rings. The maximum absolute atomic E-state index is 13.5. The minimum atomic E-state index is -0.693. The summed E-state index contributed by atoms with van der Waals surface area (Å²) in [5.41, 5.74) is 3.41. The number of benzene rings is 1. The van der Waals surface area contributed by atoms with E-state index in [9.17, 15) is 14.4 Å². The molecule has 3 heterocycles. The first kappa shape index (κ1) is 29.7. The highest BCUT2D eigenvalue weighted by molar-refractivity contribution is 6.00. The van der Waals surface area contributed by atoms with Crippen molar-refractivity contribution in [2.45, 2.75) is 25.8 Å². The number of allylic oxidation sites excluding steroid dienone is 2. The van der Waals surface area contributed by atoms with Gasteiger partial charge in [-0.1, -0.05) is 24.3 Å². The summed E-state index contributed by atoms with van der Waals surface area (Å²) in [7, 11) is 2.92. The Bertz CT molecular complexity index is 1350. The minimum Gasteiger partial charge on any atom is -0.497 e. The summed E-state index contributed by atoms with van der Waals surface area (Å²) in [6, 6.07) is 10.6. The molecule has 2 aromatic rings. The van der Waals surface area contributed by atoms with Gasteiger partial charge in [-0.25, -0.2) is 9.59 Å². The largest absolute Gasteiger partial charge is 0.497 e. The molecule has 2 aliphatic rings. The molecule has 216 valence electrons. The average Bonchev–Trinajstić information content (AvgIpc) is 3.00. The molecule has 1 aromatic heterocycles. The van der Waals surface area contributed by atoms with E-state index in [1.807, 2.05) is 35.2 Å². The summed E-state index contributed by atoms with van der Waals surface area (Å²) in [5.74, 6) is -1.06. The predicted octanol–water partition coefficient (Wildman–Crippen LogP) is 2.60. The van der Waals surface area contributed by atoms with Crippen LogP contribution in [0.3, 0.4) is 0 Å². The Kier molecular flexibility index (Phi) is 10.0. The molecule has 0 spiro atoms. The zero-order valence-electron chi connectivity index (χ0n) is 23.8. The van der Waals surface area contributed by atoms with Gasteiger partial charge in [0.05, 0.1) is 37.3 Å². The van der Waals surface area contributed by atoms with Gasteiger partial charge in [-0.3, -0.25) is 14.7 Å². The Labute approximate surface area is 240 Å². The Morgan fingerprint density at radius 3 is 2.44 bits per heavy atom. The van der Waals surface area contributed by atoms with Gasteiger partial charge in [0.1, 0.15) is 12.4 Å². The molecule has 0 saturated carbocycles. The topological polar surface area (TPSA) is 119 Å². The van der Waals surface area contributed by atoms with Crippen LogP contribution < -0.4 is 15.4 Å². The molecule has 2 aliphatic heterocycles. The SMILES string of the molecule is COC(=O)C1=C(C)NC(C)=C(C(=O)OCCN2CCNCC2C(=O)C=Cc2ccc(OC)cc2)C1c1cccnc1. The molecule has 41 heavy (non-hydrogen) atoms. The fourth-order valence-electron chi connectivity index (χ4n) is 5.16. The van der Waals surface area contributed by atoms with Gasteiger partial charge >= 0.3 is 11.9 Å². The highest BCUT2D eigenvalue weighted by Crippen LogP contribution is 2.38. The molecule has 1 saturated heterocycles. The van der Waals surface area contributed by atoms with E-state index >= 15 is 0 Å². The number of dihydropyridines is 1. The number of ketones is 1. The normalized spacial score (nSPS) is 19.6. The van der Waals surface area contributed by atoms with Crippen LogP contribution in [0.2, 0.25) is 0 Å². The van der Waals surface area contributed by atoms with Gasteiger partial charge in [0.2, 0.25) is 0 Å². The van der Waals surface area contributed by atoms with Crippen molar-refractivity contribution in [1.82, 2.24) is 20.5 Å². The van der Waals surface area contributed by atoms with E-state index in [2.05, 4.69) is 15.6 Å². The summed E-state index contributed by atoms with van der Waals surface area (Å²) in [5, 5.41) is 6.40. The molecule has 2 atom stereocenters. The lowest BCUT2D eigenvalue weighted by Crippen LogP contribution is -2.55. The third kappa shape index (κ3) is 7.08. The number of methoxy groups -OCH3 is 2. The smallest absolute Gasteiger partial charge is 0.336 e. The Morgan fingerprint density at radius 1 is 1.05 bits per heavy atom. The molecular weight excluding hydrogens is 524 g/mol. The van der Waals surface area contributed by atoms with Crippen LogP contribution in [-0.4, -0.2) is 80.7 Å². The van der Waals surface area contributed by atoms with E-state index in [0.29, 0.717) is 47.7 Å². The number of nitrogens with zero attached hydrogens (tertiary/aromatic N) is 2. The van der Waals surface area contributed by atoms with Gasteiger partial charge in [-0.05, 0) is 49.2 Å². The molecule has 0 bridgehead atoms. The van der Waals surface area contributed by atoms with E-state index in [1.54, 1.807) is 51.6 Å². The first-order valence-corrected chi connectivity index (χ1v) is 13.5. The van der Waals surface area contributed by atoms with Gasteiger partial charge in [-0.15, -0.1) is 0 Å². The molecule has 10 nitrogen and oxygen atoms in total. The Balaban J connectivity index is 1.44. The molecule has 4 rings (SSSR count). The van der Waals surface area contributed by atoms with Crippen molar-refractivity contribution in [1.29, 1.82) is 0 Å². The molecule has 2 N–H and O–H groups in total. The molecule has 0 aliphatic carbocycles. The van der Waals surface area contributed by atoms with E-state index in [0.717, 1.165) is 17.9 Å². The van der Waals surface area contributed by atoms with Crippen LogP contribution in [0.5, 0.6) is 5.75 Å². The first-order chi connectivity index (χ1) is 19.8. The number of piperazine rings is 1. The number of carbonyl (C=O) groups is 3. The molecular formula is C31H36N4O6. The van der Waals surface area contributed by atoms with Gasteiger partial charge in [0.15, 0.2) is 5.78 Å². The van der Waals surface area contributed by atoms with Crippen LogP contribution in [0, 0.1) is 0 Å². The van der Waals surface area contributed by atoms with Crippen molar-refractivity contribution < 1.29 is 28.6 Å². The zero-order chi connectivity index (χ0) is 29.4. The lowest BCUT2D eigenvalue weighted by Gasteiger charge is -2.34. The number of hydrogen-bond acceptors (Lipinski definition) is 10. The molecule has 0 radical (unpaired) electrons. The molecule has 0 amide bonds. The van der Waals surface area contributed by atoms with Gasteiger partial charge in [0, 0.05) is 50.0 Å². The van der Waals surface area contributed by atoms with Crippen LogP contribution in [0.15, 0.2) is 77.4 Å². The standard InChI is InChI=1S/C31H36N4O6/c1-20-27(30(37)40-4)29(23-6-5-13-32-18-23)28(21(2)34-20)31(38)41-17-16-35-15-14-33-19-25(35)26(36)12-9-22-7-10-24(39-3)11-8-22/h5-13,18,25,29,33-34H,14-17,19H2,1-4H3.